The highest BCUT2D eigenvalue weighted by Crippen LogP contribution is 2.24. The van der Waals surface area contributed by atoms with Gasteiger partial charge in [0, 0.05) is 24.8 Å². The maximum Gasteiger partial charge on any atom is 0.138 e. The van der Waals surface area contributed by atoms with Crippen LogP contribution in [0.5, 0.6) is 0 Å². The summed E-state index contributed by atoms with van der Waals surface area (Å²) >= 11 is 0. The number of aromatic nitrogens is 2. The Kier molecular flexibility index (Phi) is 4.34. The van der Waals surface area contributed by atoms with Crippen LogP contribution in [0.4, 0.5) is 17.3 Å². The topological polar surface area (TPSA) is 41.0 Å². The number of nitrogens with zero attached hydrogens (tertiary/aromatic N) is 3. The SMILES string of the molecule is CCNc1cc(N(CC)c2cccc(C)c2)ncn1. The molecule has 0 spiro atoms. The number of aryl methyl sites for hydroxylation is 1. The van der Waals surface area contributed by atoms with Crippen molar-refractivity contribution in [1.82, 2.24) is 9.97 Å². The van der Waals surface area contributed by atoms with Gasteiger partial charge >= 0.3 is 0 Å². The van der Waals surface area contributed by atoms with E-state index in [0.29, 0.717) is 0 Å². The van der Waals surface area contributed by atoms with Crippen LogP contribution >= 0.6 is 0 Å². The van der Waals surface area contributed by atoms with Crippen molar-refractivity contribution >= 4 is 17.3 Å². The van der Waals surface area contributed by atoms with Gasteiger partial charge in [-0.15, -0.1) is 0 Å². The van der Waals surface area contributed by atoms with Crippen LogP contribution in [-0.2, 0) is 0 Å². The fourth-order valence-electron chi connectivity index (χ4n) is 2.05. The average Bonchev–Trinajstić information content (AvgIpc) is 2.41. The van der Waals surface area contributed by atoms with E-state index >= 15 is 0 Å². The molecule has 1 aromatic heterocycles. The fraction of sp³-hybridized carbons (Fsp3) is 0.333. The maximum absolute atomic E-state index is 4.37. The lowest BCUT2D eigenvalue weighted by molar-refractivity contribution is 0.972. The third-order valence-electron chi connectivity index (χ3n) is 2.92. The second-order valence-corrected chi connectivity index (χ2v) is 4.38. The third kappa shape index (κ3) is 3.22. The Morgan fingerprint density at radius 1 is 1.16 bits per heavy atom. The molecule has 0 fully saturated rings. The Morgan fingerprint density at radius 3 is 2.68 bits per heavy atom. The Labute approximate surface area is 114 Å². The summed E-state index contributed by atoms with van der Waals surface area (Å²) in [6, 6.07) is 10.4. The highest BCUT2D eigenvalue weighted by molar-refractivity contribution is 5.62. The molecule has 0 aliphatic carbocycles. The Hall–Kier alpha value is -2.10. The van der Waals surface area contributed by atoms with Crippen molar-refractivity contribution in [2.75, 3.05) is 23.3 Å². The van der Waals surface area contributed by atoms with Crippen molar-refractivity contribution in [3.8, 4) is 0 Å². The third-order valence-corrected chi connectivity index (χ3v) is 2.92. The van der Waals surface area contributed by atoms with Crippen molar-refractivity contribution in [2.45, 2.75) is 20.8 Å². The second kappa shape index (κ2) is 6.18. The lowest BCUT2D eigenvalue weighted by Gasteiger charge is -2.22. The zero-order valence-corrected chi connectivity index (χ0v) is 11.7. The van der Waals surface area contributed by atoms with Crippen molar-refractivity contribution in [3.05, 3.63) is 42.2 Å². The lowest BCUT2D eigenvalue weighted by Crippen LogP contribution is -2.18. The average molecular weight is 256 g/mol. The van der Waals surface area contributed by atoms with E-state index in [-0.39, 0.29) is 0 Å². The molecule has 2 rings (SSSR count). The van der Waals surface area contributed by atoms with Crippen LogP contribution in [0.15, 0.2) is 36.7 Å². The number of nitrogens with one attached hydrogen (secondary N) is 1. The number of anilines is 3. The number of benzene rings is 1. The number of hydrogen-bond donors (Lipinski definition) is 1. The highest BCUT2D eigenvalue weighted by Gasteiger charge is 2.09. The lowest BCUT2D eigenvalue weighted by atomic mass is 10.2. The standard InChI is InChI=1S/C15H20N4/c1-4-16-14-10-15(18-11-17-14)19(5-2)13-8-6-7-12(3)9-13/h6-11H,4-5H2,1-3H3,(H,16,17,18). The molecule has 1 aromatic carbocycles. The molecule has 0 aliphatic rings. The molecule has 0 saturated heterocycles. The molecule has 0 unspecified atom stereocenters. The highest BCUT2D eigenvalue weighted by atomic mass is 15.2. The van der Waals surface area contributed by atoms with Crippen LogP contribution < -0.4 is 10.2 Å². The molecule has 1 heterocycles. The van der Waals surface area contributed by atoms with Crippen molar-refractivity contribution in [1.29, 1.82) is 0 Å². The van der Waals surface area contributed by atoms with Gasteiger partial charge in [-0.05, 0) is 38.5 Å². The van der Waals surface area contributed by atoms with E-state index in [0.717, 1.165) is 30.4 Å². The molecule has 4 heteroatoms. The first-order valence-electron chi connectivity index (χ1n) is 6.64. The molecule has 0 bridgehead atoms. The molecule has 0 saturated carbocycles. The molecular weight excluding hydrogens is 236 g/mol. The van der Waals surface area contributed by atoms with Gasteiger partial charge in [-0.1, -0.05) is 12.1 Å². The van der Waals surface area contributed by atoms with E-state index in [4.69, 9.17) is 0 Å². The van der Waals surface area contributed by atoms with E-state index in [1.807, 2.05) is 6.07 Å². The smallest absolute Gasteiger partial charge is 0.138 e. The zero-order valence-electron chi connectivity index (χ0n) is 11.7. The van der Waals surface area contributed by atoms with Gasteiger partial charge in [0.25, 0.3) is 0 Å². The van der Waals surface area contributed by atoms with Gasteiger partial charge in [-0.3, -0.25) is 0 Å². The quantitative estimate of drug-likeness (QED) is 0.890. The molecule has 19 heavy (non-hydrogen) atoms. The minimum Gasteiger partial charge on any atom is -0.370 e. The Balaban J connectivity index is 2.33. The van der Waals surface area contributed by atoms with Crippen molar-refractivity contribution in [2.24, 2.45) is 0 Å². The fourth-order valence-corrected chi connectivity index (χ4v) is 2.05. The van der Waals surface area contributed by atoms with E-state index in [9.17, 15) is 0 Å². The predicted octanol–water partition coefficient (Wildman–Crippen LogP) is 3.37. The van der Waals surface area contributed by atoms with Gasteiger partial charge in [0.1, 0.15) is 18.0 Å². The molecular formula is C15H20N4. The summed E-state index contributed by atoms with van der Waals surface area (Å²) in [7, 11) is 0. The van der Waals surface area contributed by atoms with Gasteiger partial charge in [0.2, 0.25) is 0 Å². The van der Waals surface area contributed by atoms with Gasteiger partial charge in [0.15, 0.2) is 0 Å². The van der Waals surface area contributed by atoms with E-state index in [1.165, 1.54) is 5.56 Å². The largest absolute Gasteiger partial charge is 0.370 e. The van der Waals surface area contributed by atoms with Crippen molar-refractivity contribution < 1.29 is 0 Å². The summed E-state index contributed by atoms with van der Waals surface area (Å²) in [5.74, 6) is 1.78. The van der Waals surface area contributed by atoms with Crippen LogP contribution in [0.3, 0.4) is 0 Å². The molecule has 2 aromatic rings. The maximum atomic E-state index is 4.37. The van der Waals surface area contributed by atoms with Gasteiger partial charge in [-0.25, -0.2) is 9.97 Å². The van der Waals surface area contributed by atoms with E-state index in [1.54, 1.807) is 6.33 Å². The second-order valence-electron chi connectivity index (χ2n) is 4.38. The summed E-state index contributed by atoms with van der Waals surface area (Å²) < 4.78 is 0. The monoisotopic (exact) mass is 256 g/mol. The number of hydrogen-bond acceptors (Lipinski definition) is 4. The Bertz CT molecular complexity index is 539. The van der Waals surface area contributed by atoms with E-state index in [2.05, 4.69) is 65.2 Å². The molecule has 0 atom stereocenters. The van der Waals surface area contributed by atoms with Gasteiger partial charge < -0.3 is 10.2 Å². The summed E-state index contributed by atoms with van der Waals surface area (Å²) in [6.45, 7) is 8.00. The van der Waals surface area contributed by atoms with Crippen LogP contribution in [0, 0.1) is 6.92 Å². The first-order chi connectivity index (χ1) is 9.24. The first kappa shape index (κ1) is 13.3. The van der Waals surface area contributed by atoms with Crippen LogP contribution in [-0.4, -0.2) is 23.1 Å². The van der Waals surface area contributed by atoms with Crippen LogP contribution in [0.25, 0.3) is 0 Å². The molecule has 4 nitrogen and oxygen atoms in total. The normalized spacial score (nSPS) is 10.3. The zero-order chi connectivity index (χ0) is 13.7. The molecule has 100 valence electrons. The summed E-state index contributed by atoms with van der Waals surface area (Å²) in [5, 5.41) is 3.21. The number of rotatable bonds is 5. The summed E-state index contributed by atoms with van der Waals surface area (Å²) in [6.07, 6.45) is 1.60. The molecule has 0 radical (unpaired) electrons. The van der Waals surface area contributed by atoms with Gasteiger partial charge in [0.05, 0.1) is 0 Å². The predicted molar refractivity (Wildman–Crippen MR) is 80.1 cm³/mol. The molecule has 0 aliphatic heterocycles. The van der Waals surface area contributed by atoms with E-state index < -0.39 is 0 Å². The minimum atomic E-state index is 0.854. The van der Waals surface area contributed by atoms with Crippen LogP contribution in [0.1, 0.15) is 19.4 Å². The molecule has 0 amide bonds. The van der Waals surface area contributed by atoms with Gasteiger partial charge in [-0.2, -0.15) is 0 Å². The van der Waals surface area contributed by atoms with Crippen LogP contribution in [0.2, 0.25) is 0 Å². The Morgan fingerprint density at radius 2 is 2.00 bits per heavy atom. The summed E-state index contributed by atoms with van der Waals surface area (Å²) in [4.78, 5) is 10.8. The summed E-state index contributed by atoms with van der Waals surface area (Å²) in [5.41, 5.74) is 2.40. The minimum absolute atomic E-state index is 0.854. The van der Waals surface area contributed by atoms with Crippen molar-refractivity contribution in [3.63, 3.8) is 0 Å². The molecule has 1 N–H and O–H groups in total. The first-order valence-corrected chi connectivity index (χ1v) is 6.64.